The van der Waals surface area contributed by atoms with Crippen LogP contribution >= 0.6 is 0 Å². The van der Waals surface area contributed by atoms with Gasteiger partial charge in [0.25, 0.3) is 0 Å². The first-order valence-electron chi connectivity index (χ1n) is 10.6. The monoisotopic (exact) mass is 460 g/mol. The van der Waals surface area contributed by atoms with Crippen LogP contribution in [0.4, 0.5) is 13.2 Å². The van der Waals surface area contributed by atoms with Crippen molar-refractivity contribution in [1.29, 1.82) is 0 Å². The highest BCUT2D eigenvalue weighted by atomic mass is 19.4. The van der Waals surface area contributed by atoms with Crippen LogP contribution in [0.15, 0.2) is 42.6 Å². The molecule has 0 N–H and O–H groups in total. The maximum atomic E-state index is 12.7. The third-order valence-electron chi connectivity index (χ3n) is 5.73. The Morgan fingerprint density at radius 2 is 1.97 bits per heavy atom. The van der Waals surface area contributed by atoms with Gasteiger partial charge >= 0.3 is 6.36 Å². The lowest BCUT2D eigenvalue weighted by Gasteiger charge is -2.27. The van der Waals surface area contributed by atoms with Gasteiger partial charge in [0.15, 0.2) is 11.5 Å². The van der Waals surface area contributed by atoms with Crippen LogP contribution in [-0.4, -0.2) is 35.3 Å². The van der Waals surface area contributed by atoms with Crippen LogP contribution in [0.3, 0.4) is 0 Å². The first-order valence-corrected chi connectivity index (χ1v) is 10.6. The van der Waals surface area contributed by atoms with Crippen LogP contribution in [0.2, 0.25) is 0 Å². The van der Waals surface area contributed by atoms with Crippen molar-refractivity contribution >= 4 is 16.7 Å². The molecule has 0 aliphatic heterocycles. The number of rotatable bonds is 6. The van der Waals surface area contributed by atoms with Gasteiger partial charge in [0.1, 0.15) is 11.9 Å². The molecule has 1 saturated carbocycles. The fourth-order valence-electron chi connectivity index (χ4n) is 4.05. The largest absolute Gasteiger partial charge is 0.573 e. The molecule has 1 fully saturated rings. The van der Waals surface area contributed by atoms with Gasteiger partial charge in [-0.05, 0) is 56.2 Å². The molecule has 6 nitrogen and oxygen atoms in total. The summed E-state index contributed by atoms with van der Waals surface area (Å²) in [5.41, 5.74) is 1.60. The van der Waals surface area contributed by atoms with Crippen LogP contribution < -0.4 is 14.2 Å². The normalized spacial score (nSPS) is 17.6. The number of nitrogens with zero attached hydrogens (tertiary/aromatic N) is 2. The molecule has 174 valence electrons. The lowest BCUT2D eigenvalue weighted by Crippen LogP contribution is -2.29. The molecule has 0 unspecified atom stereocenters. The number of hydrogen-bond donors (Lipinski definition) is 0. The number of ether oxygens (including phenoxy) is 3. The molecule has 1 aromatic carbocycles. The molecule has 0 radical (unpaired) electrons. The molecular weight excluding hydrogens is 437 g/mol. The lowest BCUT2D eigenvalue weighted by atomic mass is 9.85. The Hall–Kier alpha value is -3.36. The van der Waals surface area contributed by atoms with E-state index in [4.69, 9.17) is 9.47 Å². The highest BCUT2D eigenvalue weighted by Crippen LogP contribution is 2.37. The molecule has 1 aliphatic rings. The van der Waals surface area contributed by atoms with E-state index < -0.39 is 12.1 Å². The summed E-state index contributed by atoms with van der Waals surface area (Å²) >= 11 is 0. The summed E-state index contributed by atoms with van der Waals surface area (Å²) in [5.74, 6) is 0.172. The number of methoxy groups -OCH3 is 1. The molecule has 0 spiro atoms. The number of alkyl halides is 3. The van der Waals surface area contributed by atoms with Gasteiger partial charge in [-0.25, -0.2) is 4.98 Å². The van der Waals surface area contributed by atoms with Crippen molar-refractivity contribution in [3.63, 3.8) is 0 Å². The molecule has 2 atom stereocenters. The van der Waals surface area contributed by atoms with Gasteiger partial charge in [-0.2, -0.15) is 0 Å². The topological polar surface area (TPSA) is 70.5 Å². The quantitative estimate of drug-likeness (QED) is 0.468. The van der Waals surface area contributed by atoms with E-state index in [-0.39, 0.29) is 23.6 Å². The summed E-state index contributed by atoms with van der Waals surface area (Å²) < 4.78 is 53.4. The number of carbonyl (C=O) groups excluding carboxylic acids is 1. The zero-order chi connectivity index (χ0) is 23.6. The minimum atomic E-state index is -4.84. The standard InChI is InChI=1S/C24H23F3N2O4/c1-14(15-5-3-6-17(30)11-15)32-23-18-7-4-10-28-20(18)13-19(29-23)16-8-9-21(22(12-16)31-2)33-24(25,26)27/h4,7-10,12-15H,3,5-6,11H2,1-2H3/t14-,15+/m1/s1. The number of benzene rings is 1. The molecule has 0 bridgehead atoms. The van der Waals surface area contributed by atoms with Crippen molar-refractivity contribution in [2.24, 2.45) is 5.92 Å². The van der Waals surface area contributed by atoms with E-state index in [2.05, 4.69) is 14.7 Å². The number of pyridine rings is 2. The first kappa shape index (κ1) is 22.8. The third-order valence-corrected chi connectivity index (χ3v) is 5.73. The van der Waals surface area contributed by atoms with Gasteiger partial charge in [-0.3, -0.25) is 9.78 Å². The van der Waals surface area contributed by atoms with Gasteiger partial charge in [-0.15, -0.1) is 13.2 Å². The van der Waals surface area contributed by atoms with E-state index >= 15 is 0 Å². The average Bonchev–Trinajstić information content (AvgIpc) is 2.78. The van der Waals surface area contributed by atoms with Crippen LogP contribution in [0.5, 0.6) is 17.4 Å². The highest BCUT2D eigenvalue weighted by Gasteiger charge is 2.32. The van der Waals surface area contributed by atoms with Crippen LogP contribution in [-0.2, 0) is 4.79 Å². The summed E-state index contributed by atoms with van der Waals surface area (Å²) in [5, 5.41) is 0.708. The average molecular weight is 460 g/mol. The Labute approximate surface area is 188 Å². The van der Waals surface area contributed by atoms with E-state index in [1.54, 1.807) is 18.3 Å². The van der Waals surface area contributed by atoms with Gasteiger partial charge in [0.2, 0.25) is 5.88 Å². The van der Waals surface area contributed by atoms with E-state index in [9.17, 15) is 18.0 Å². The second-order valence-electron chi connectivity index (χ2n) is 8.01. The number of aromatic nitrogens is 2. The molecule has 4 rings (SSSR count). The molecule has 33 heavy (non-hydrogen) atoms. The van der Waals surface area contributed by atoms with Crippen LogP contribution in [0, 0.1) is 5.92 Å². The van der Waals surface area contributed by atoms with Crippen molar-refractivity contribution in [3.05, 3.63) is 42.6 Å². The number of halogens is 3. The molecule has 1 aliphatic carbocycles. The van der Waals surface area contributed by atoms with Crippen molar-refractivity contribution in [1.82, 2.24) is 9.97 Å². The summed E-state index contributed by atoms with van der Waals surface area (Å²) in [6.45, 7) is 1.92. The Kier molecular flexibility index (Phi) is 6.40. The number of ketones is 1. The van der Waals surface area contributed by atoms with Crippen molar-refractivity contribution < 1.29 is 32.2 Å². The number of carbonyl (C=O) groups is 1. The van der Waals surface area contributed by atoms with Gasteiger partial charge in [-0.1, -0.05) is 0 Å². The lowest BCUT2D eigenvalue weighted by molar-refractivity contribution is -0.275. The molecule has 9 heteroatoms. The van der Waals surface area contributed by atoms with Crippen molar-refractivity contribution in [3.8, 4) is 28.6 Å². The Morgan fingerprint density at radius 3 is 2.70 bits per heavy atom. The van der Waals surface area contributed by atoms with Crippen molar-refractivity contribution in [2.75, 3.05) is 7.11 Å². The summed E-state index contributed by atoms with van der Waals surface area (Å²) in [7, 11) is 1.26. The SMILES string of the molecule is COc1cc(-c2cc3ncccc3c(O[C@H](C)[C@H]3CCCC(=O)C3)n2)ccc1OC(F)(F)F. The maximum Gasteiger partial charge on any atom is 0.573 e. The van der Waals surface area contributed by atoms with E-state index in [1.165, 1.54) is 25.3 Å². The predicted molar refractivity (Wildman–Crippen MR) is 115 cm³/mol. The summed E-state index contributed by atoms with van der Waals surface area (Å²) in [4.78, 5) is 20.9. The number of fused-ring (bicyclic) bond motifs is 1. The van der Waals surface area contributed by atoms with Crippen LogP contribution in [0.1, 0.15) is 32.6 Å². The van der Waals surface area contributed by atoms with E-state index in [0.717, 1.165) is 12.8 Å². The fourth-order valence-corrected chi connectivity index (χ4v) is 4.05. The Morgan fingerprint density at radius 1 is 1.15 bits per heavy atom. The molecule has 3 aromatic rings. The molecule has 2 aromatic heterocycles. The second kappa shape index (κ2) is 9.25. The number of hydrogen-bond acceptors (Lipinski definition) is 6. The van der Waals surface area contributed by atoms with Gasteiger partial charge < -0.3 is 14.2 Å². The molecule has 2 heterocycles. The van der Waals surface area contributed by atoms with E-state index in [1.807, 2.05) is 13.0 Å². The fraction of sp³-hybridized carbons (Fsp3) is 0.375. The van der Waals surface area contributed by atoms with E-state index in [0.29, 0.717) is 40.9 Å². The highest BCUT2D eigenvalue weighted by molar-refractivity contribution is 5.87. The molecule has 0 amide bonds. The molecular formula is C24H23F3N2O4. The minimum absolute atomic E-state index is 0.0794. The van der Waals surface area contributed by atoms with Crippen molar-refractivity contribution in [2.45, 2.75) is 45.1 Å². The predicted octanol–water partition coefficient (Wildman–Crippen LogP) is 5.73. The second-order valence-corrected chi connectivity index (χ2v) is 8.01. The Balaban J connectivity index is 1.70. The van der Waals surface area contributed by atoms with Crippen LogP contribution in [0.25, 0.3) is 22.2 Å². The summed E-state index contributed by atoms with van der Waals surface area (Å²) in [6.07, 6.45) is -0.594. The van der Waals surface area contributed by atoms with Gasteiger partial charge in [0, 0.05) is 30.5 Å². The number of Topliss-reactive ketones (excluding diaryl/α,β-unsaturated/α-hetero) is 1. The maximum absolute atomic E-state index is 12.7. The third kappa shape index (κ3) is 5.35. The minimum Gasteiger partial charge on any atom is -0.493 e. The first-order chi connectivity index (χ1) is 15.7. The Bertz CT molecular complexity index is 1170. The zero-order valence-corrected chi connectivity index (χ0v) is 18.2. The van der Waals surface area contributed by atoms with Gasteiger partial charge in [0.05, 0.1) is 23.7 Å². The summed E-state index contributed by atoms with van der Waals surface area (Å²) in [6, 6.07) is 9.42. The smallest absolute Gasteiger partial charge is 0.493 e. The molecule has 0 saturated heterocycles. The zero-order valence-electron chi connectivity index (χ0n) is 18.2.